The minimum absolute atomic E-state index is 0.0213. The van der Waals surface area contributed by atoms with Crippen molar-refractivity contribution < 1.29 is 18.4 Å². The molecule has 6 heteroatoms. The molecule has 4 nitrogen and oxygen atoms in total. The summed E-state index contributed by atoms with van der Waals surface area (Å²) >= 11 is 0. The third kappa shape index (κ3) is 3.59. The molecule has 1 N–H and O–H groups in total. The zero-order valence-corrected chi connectivity index (χ0v) is 12.8. The van der Waals surface area contributed by atoms with Gasteiger partial charge in [-0.15, -0.1) is 0 Å². The lowest BCUT2D eigenvalue weighted by Gasteiger charge is -2.17. The average molecular weight is 330 g/mol. The normalized spacial score (nSPS) is 17.2. The van der Waals surface area contributed by atoms with E-state index >= 15 is 0 Å². The second kappa shape index (κ2) is 6.78. The third-order valence-corrected chi connectivity index (χ3v) is 4.00. The zero-order valence-electron chi connectivity index (χ0n) is 12.8. The van der Waals surface area contributed by atoms with Gasteiger partial charge in [-0.2, -0.15) is 0 Å². The first-order valence-electron chi connectivity index (χ1n) is 7.62. The Morgan fingerprint density at radius 2 is 1.62 bits per heavy atom. The maximum absolute atomic E-state index is 13.0. The number of nitrogens with zero attached hydrogens (tertiary/aromatic N) is 1. The van der Waals surface area contributed by atoms with Gasteiger partial charge in [0.2, 0.25) is 5.91 Å². The lowest BCUT2D eigenvalue weighted by atomic mass is 10.1. The van der Waals surface area contributed by atoms with Gasteiger partial charge in [-0.3, -0.25) is 9.59 Å². The topological polar surface area (TPSA) is 49.4 Å². The predicted octanol–water partition coefficient (Wildman–Crippen LogP) is 2.75. The van der Waals surface area contributed by atoms with E-state index in [1.54, 1.807) is 17.0 Å². The summed E-state index contributed by atoms with van der Waals surface area (Å²) in [5.41, 5.74) is 1.02. The summed E-state index contributed by atoms with van der Waals surface area (Å²) in [4.78, 5) is 25.7. The number of rotatable bonds is 4. The number of benzene rings is 2. The molecule has 2 aromatic carbocycles. The summed E-state index contributed by atoms with van der Waals surface area (Å²) in [6.07, 6.45) is 0.321. The number of carbonyl (C=O) groups is 2. The monoisotopic (exact) mass is 330 g/mol. The van der Waals surface area contributed by atoms with E-state index in [4.69, 9.17) is 0 Å². The van der Waals surface area contributed by atoms with E-state index in [2.05, 4.69) is 5.32 Å². The molecule has 24 heavy (non-hydrogen) atoms. The average Bonchev–Trinajstić information content (AvgIpc) is 2.95. The van der Waals surface area contributed by atoms with Crippen LogP contribution < -0.4 is 10.2 Å². The number of amides is 2. The number of anilines is 1. The molecule has 3 rings (SSSR count). The predicted molar refractivity (Wildman–Crippen MR) is 85.6 cm³/mol. The molecule has 2 aromatic rings. The molecule has 0 radical (unpaired) electrons. The van der Waals surface area contributed by atoms with Crippen LogP contribution in [0.1, 0.15) is 16.8 Å². The molecule has 1 heterocycles. The van der Waals surface area contributed by atoms with E-state index in [-0.39, 0.29) is 23.5 Å². The molecule has 0 aliphatic carbocycles. The summed E-state index contributed by atoms with van der Waals surface area (Å²) in [5, 5.41) is 2.76. The molecule has 0 saturated carbocycles. The van der Waals surface area contributed by atoms with Crippen molar-refractivity contribution >= 4 is 17.5 Å². The van der Waals surface area contributed by atoms with Crippen molar-refractivity contribution in [3.63, 3.8) is 0 Å². The molecule has 1 fully saturated rings. The molecule has 0 bridgehead atoms. The quantitative estimate of drug-likeness (QED) is 0.937. The van der Waals surface area contributed by atoms with Crippen molar-refractivity contribution in [3.8, 4) is 0 Å². The molecule has 1 aliphatic heterocycles. The lowest BCUT2D eigenvalue weighted by Crippen LogP contribution is -2.31. The zero-order chi connectivity index (χ0) is 17.1. The van der Waals surface area contributed by atoms with E-state index < -0.39 is 5.82 Å². The van der Waals surface area contributed by atoms with Crippen molar-refractivity contribution in [2.75, 3.05) is 18.0 Å². The highest BCUT2D eigenvalue weighted by Gasteiger charge is 2.30. The molecular formula is C18H16F2N2O2. The Bertz CT molecular complexity index is 745. The van der Waals surface area contributed by atoms with Crippen LogP contribution in [0, 0.1) is 17.6 Å². The van der Waals surface area contributed by atoms with Gasteiger partial charge in [-0.1, -0.05) is 0 Å². The van der Waals surface area contributed by atoms with Crippen molar-refractivity contribution in [2.24, 2.45) is 5.92 Å². The van der Waals surface area contributed by atoms with E-state index in [0.29, 0.717) is 30.8 Å². The van der Waals surface area contributed by atoms with Gasteiger partial charge < -0.3 is 10.2 Å². The first-order chi connectivity index (χ1) is 11.5. The van der Waals surface area contributed by atoms with E-state index in [1.807, 2.05) is 0 Å². The first kappa shape index (κ1) is 16.1. The van der Waals surface area contributed by atoms with Gasteiger partial charge in [0, 0.05) is 36.7 Å². The minimum atomic E-state index is -0.400. The molecule has 1 aliphatic rings. The Morgan fingerprint density at radius 3 is 2.25 bits per heavy atom. The van der Waals surface area contributed by atoms with Gasteiger partial charge in [0.25, 0.3) is 5.91 Å². The summed E-state index contributed by atoms with van der Waals surface area (Å²) in [6.45, 7) is 0.813. The smallest absolute Gasteiger partial charge is 0.251 e. The van der Waals surface area contributed by atoms with Gasteiger partial charge >= 0.3 is 0 Å². The minimum Gasteiger partial charge on any atom is -0.352 e. The van der Waals surface area contributed by atoms with Crippen LogP contribution in [-0.4, -0.2) is 24.9 Å². The highest BCUT2D eigenvalue weighted by molar-refractivity contribution is 5.96. The summed E-state index contributed by atoms with van der Waals surface area (Å²) in [5.74, 6) is -1.13. The molecule has 124 valence electrons. The highest BCUT2D eigenvalue weighted by atomic mass is 19.1. The van der Waals surface area contributed by atoms with Gasteiger partial charge in [-0.25, -0.2) is 8.78 Å². The Kier molecular flexibility index (Phi) is 4.55. The van der Waals surface area contributed by atoms with Crippen LogP contribution in [0.25, 0.3) is 0 Å². The van der Waals surface area contributed by atoms with Gasteiger partial charge in [-0.05, 0) is 48.5 Å². The van der Waals surface area contributed by atoms with Gasteiger partial charge in [0.1, 0.15) is 11.6 Å². The fourth-order valence-electron chi connectivity index (χ4n) is 2.73. The van der Waals surface area contributed by atoms with Crippen molar-refractivity contribution in [1.82, 2.24) is 5.32 Å². The fraction of sp³-hybridized carbons (Fsp3) is 0.222. The van der Waals surface area contributed by atoms with Crippen LogP contribution in [0.15, 0.2) is 48.5 Å². The number of halogens is 2. The molecule has 0 spiro atoms. The maximum atomic E-state index is 13.0. The number of carbonyl (C=O) groups excluding carboxylic acids is 2. The van der Waals surface area contributed by atoms with E-state index in [0.717, 1.165) is 0 Å². The summed E-state index contributed by atoms with van der Waals surface area (Å²) in [7, 11) is 0. The second-order valence-corrected chi connectivity index (χ2v) is 5.77. The van der Waals surface area contributed by atoms with E-state index in [1.165, 1.54) is 36.4 Å². The van der Waals surface area contributed by atoms with Crippen molar-refractivity contribution in [1.29, 1.82) is 0 Å². The molecule has 0 aromatic heterocycles. The van der Waals surface area contributed by atoms with Crippen LogP contribution in [0.2, 0.25) is 0 Å². The van der Waals surface area contributed by atoms with E-state index in [9.17, 15) is 18.4 Å². The summed E-state index contributed by atoms with van der Waals surface area (Å²) < 4.78 is 25.8. The maximum Gasteiger partial charge on any atom is 0.251 e. The molecular weight excluding hydrogens is 314 g/mol. The fourth-order valence-corrected chi connectivity index (χ4v) is 2.73. The Labute approximate surface area is 138 Å². The highest BCUT2D eigenvalue weighted by Crippen LogP contribution is 2.24. The number of nitrogens with one attached hydrogen (secondary N) is 1. The van der Waals surface area contributed by atoms with Gasteiger partial charge in [0.15, 0.2) is 0 Å². The van der Waals surface area contributed by atoms with Crippen LogP contribution in [0.5, 0.6) is 0 Å². The first-order valence-corrected chi connectivity index (χ1v) is 7.62. The Balaban J connectivity index is 1.57. The van der Waals surface area contributed by atoms with Crippen LogP contribution in [-0.2, 0) is 4.79 Å². The molecule has 2 amide bonds. The molecule has 1 saturated heterocycles. The molecule has 0 unspecified atom stereocenters. The molecule has 1 atom stereocenters. The Hall–Kier alpha value is -2.76. The lowest BCUT2D eigenvalue weighted by molar-refractivity contribution is -0.117. The van der Waals surface area contributed by atoms with Crippen LogP contribution in [0.3, 0.4) is 0 Å². The van der Waals surface area contributed by atoms with Gasteiger partial charge in [0.05, 0.1) is 0 Å². The van der Waals surface area contributed by atoms with Crippen LogP contribution >= 0.6 is 0 Å². The second-order valence-electron chi connectivity index (χ2n) is 5.77. The summed E-state index contributed by atoms with van der Waals surface area (Å²) in [6, 6.07) is 11.0. The third-order valence-electron chi connectivity index (χ3n) is 4.00. The van der Waals surface area contributed by atoms with Crippen LogP contribution in [0.4, 0.5) is 14.5 Å². The van der Waals surface area contributed by atoms with Crippen molar-refractivity contribution in [2.45, 2.75) is 6.42 Å². The standard InChI is InChI=1S/C18H16F2N2O2/c19-14-3-1-13(2-4-14)18(24)21-10-12-9-17(23)22(11-12)16-7-5-15(20)6-8-16/h1-8,12H,9-11H2,(H,21,24)/t12-/m1/s1. The number of hydrogen-bond acceptors (Lipinski definition) is 2. The van der Waals surface area contributed by atoms with Crippen molar-refractivity contribution in [3.05, 3.63) is 65.7 Å². The largest absolute Gasteiger partial charge is 0.352 e. The SMILES string of the molecule is O=C(NC[C@H]1CC(=O)N(c2ccc(F)cc2)C1)c1ccc(F)cc1. The Morgan fingerprint density at radius 1 is 1.04 bits per heavy atom. The number of hydrogen-bond donors (Lipinski definition) is 1.